The Morgan fingerprint density at radius 3 is 2.61 bits per heavy atom. The van der Waals surface area contributed by atoms with E-state index in [1.54, 1.807) is 11.1 Å². The van der Waals surface area contributed by atoms with Gasteiger partial charge in [0.15, 0.2) is 0 Å². The number of thiophene rings is 1. The molecule has 4 rings (SSSR count). The number of rotatable bonds is 2. The second kappa shape index (κ2) is 6.32. The zero-order chi connectivity index (χ0) is 15.6. The number of fused-ring (bicyclic) bond motifs is 2. The van der Waals surface area contributed by atoms with Crippen molar-refractivity contribution in [2.75, 3.05) is 0 Å². The van der Waals surface area contributed by atoms with Crippen molar-refractivity contribution in [1.82, 2.24) is 0 Å². The van der Waals surface area contributed by atoms with Gasteiger partial charge < -0.3 is 0 Å². The number of thioether (sulfide) groups is 1. The fraction of sp³-hybridized carbons (Fsp3) is 0.400. The van der Waals surface area contributed by atoms with Gasteiger partial charge in [0.05, 0.1) is 0 Å². The maximum Gasteiger partial charge on any atom is 0 e. The SMILES string of the molecule is CC1=C(C2=C(C)SC3[C-]=c4sc(C)cc4=C23)CC(C(C)C)=C1.[Zr]. The molecule has 23 heavy (non-hydrogen) atoms. The summed E-state index contributed by atoms with van der Waals surface area (Å²) in [5, 5.41) is 1.88. The maximum absolute atomic E-state index is 3.71. The first-order chi connectivity index (χ1) is 10.5. The van der Waals surface area contributed by atoms with Gasteiger partial charge in [-0.05, 0) is 64.9 Å². The Morgan fingerprint density at radius 2 is 1.96 bits per heavy atom. The zero-order valence-corrected chi connectivity index (χ0v) is 18.4. The average molecular weight is 417 g/mol. The molecule has 0 N–H and O–H groups in total. The normalized spacial score (nSPS) is 22.4. The van der Waals surface area contributed by atoms with Gasteiger partial charge in [-0.25, -0.2) is 6.08 Å². The first-order valence-corrected chi connectivity index (χ1v) is 9.68. The molecule has 0 bridgehead atoms. The molecule has 1 unspecified atom stereocenters. The summed E-state index contributed by atoms with van der Waals surface area (Å²) in [7, 11) is 0. The molecule has 0 radical (unpaired) electrons. The molecule has 0 aromatic carbocycles. The molecule has 1 atom stereocenters. The van der Waals surface area contributed by atoms with Crippen LogP contribution in [0.1, 0.15) is 39.0 Å². The molecule has 0 amide bonds. The van der Waals surface area contributed by atoms with Crippen LogP contribution in [0.2, 0.25) is 0 Å². The summed E-state index contributed by atoms with van der Waals surface area (Å²) in [4.78, 5) is 2.88. The molecule has 1 aromatic heterocycles. The van der Waals surface area contributed by atoms with E-state index < -0.39 is 0 Å². The van der Waals surface area contributed by atoms with E-state index in [0.29, 0.717) is 11.2 Å². The summed E-state index contributed by atoms with van der Waals surface area (Å²) in [5.41, 5.74) is 7.67. The topological polar surface area (TPSA) is 0 Å². The fourth-order valence-corrected chi connectivity index (χ4v) is 6.00. The van der Waals surface area contributed by atoms with E-state index in [1.165, 1.54) is 36.3 Å². The van der Waals surface area contributed by atoms with Crippen LogP contribution in [0, 0.1) is 12.8 Å². The van der Waals surface area contributed by atoms with E-state index in [4.69, 9.17) is 0 Å². The minimum atomic E-state index is 0. The smallest absolute Gasteiger partial charge is 0 e. The molecule has 0 fully saturated rings. The first-order valence-electron chi connectivity index (χ1n) is 7.98. The molecule has 0 nitrogen and oxygen atoms in total. The van der Waals surface area contributed by atoms with Crippen LogP contribution in [0.4, 0.5) is 0 Å². The Labute approximate surface area is 166 Å². The van der Waals surface area contributed by atoms with E-state index in [0.717, 1.165) is 6.42 Å². The van der Waals surface area contributed by atoms with Gasteiger partial charge in [0.2, 0.25) is 0 Å². The van der Waals surface area contributed by atoms with Gasteiger partial charge in [-0.1, -0.05) is 25.5 Å². The van der Waals surface area contributed by atoms with Gasteiger partial charge in [0.1, 0.15) is 0 Å². The van der Waals surface area contributed by atoms with Crippen LogP contribution >= 0.6 is 23.1 Å². The quantitative estimate of drug-likeness (QED) is 0.637. The van der Waals surface area contributed by atoms with E-state index in [9.17, 15) is 0 Å². The molecular weight excluding hydrogens is 396 g/mol. The van der Waals surface area contributed by atoms with Crippen molar-refractivity contribution in [3.8, 4) is 0 Å². The van der Waals surface area contributed by atoms with Gasteiger partial charge in [0, 0.05) is 26.2 Å². The monoisotopic (exact) mass is 415 g/mol. The largest absolute Gasteiger partial charge is 0.240 e. The van der Waals surface area contributed by atoms with Gasteiger partial charge in [-0.15, -0.1) is 27.9 Å². The molecular formula is C20H21S2Zr-. The molecule has 0 saturated carbocycles. The predicted molar refractivity (Wildman–Crippen MR) is 99.4 cm³/mol. The van der Waals surface area contributed by atoms with E-state index in [2.05, 4.69) is 52.8 Å². The molecule has 1 aromatic rings. The molecule has 118 valence electrons. The Hall–Kier alpha value is -0.107. The Kier molecular flexibility index (Phi) is 4.86. The number of aryl methyl sites for hydroxylation is 1. The van der Waals surface area contributed by atoms with Crippen LogP contribution in [0.15, 0.2) is 39.3 Å². The summed E-state index contributed by atoms with van der Waals surface area (Å²) in [5.74, 6) is 0.642. The number of allylic oxidation sites excluding steroid dienone is 6. The second-order valence-electron chi connectivity index (χ2n) is 6.80. The van der Waals surface area contributed by atoms with Crippen molar-refractivity contribution in [1.29, 1.82) is 0 Å². The Balaban J connectivity index is 0.00000156. The molecule has 2 aliphatic carbocycles. The van der Waals surface area contributed by atoms with E-state index >= 15 is 0 Å². The molecule has 3 aliphatic rings. The van der Waals surface area contributed by atoms with Crippen LogP contribution in [0.25, 0.3) is 11.6 Å². The van der Waals surface area contributed by atoms with Crippen LogP contribution < -0.4 is 9.75 Å². The number of hydrogen-bond acceptors (Lipinski definition) is 2. The average Bonchev–Trinajstić information content (AvgIpc) is 3.11. The fourth-order valence-electron chi connectivity index (χ4n) is 3.72. The third-order valence-corrected chi connectivity index (χ3v) is 7.02. The summed E-state index contributed by atoms with van der Waals surface area (Å²) in [6.45, 7) is 11.4. The molecule has 2 heterocycles. The predicted octanol–water partition coefficient (Wildman–Crippen LogP) is 4.57. The molecule has 3 heteroatoms. The number of hydrogen-bond donors (Lipinski definition) is 0. The van der Waals surface area contributed by atoms with Crippen molar-refractivity contribution in [2.24, 2.45) is 5.92 Å². The molecule has 0 saturated heterocycles. The third-order valence-electron chi connectivity index (χ3n) is 4.89. The summed E-state index contributed by atoms with van der Waals surface area (Å²) in [6.07, 6.45) is 7.26. The van der Waals surface area contributed by atoms with E-state index in [1.807, 2.05) is 23.1 Å². The Morgan fingerprint density at radius 1 is 1.22 bits per heavy atom. The van der Waals surface area contributed by atoms with Crippen molar-refractivity contribution in [3.63, 3.8) is 0 Å². The second-order valence-corrected chi connectivity index (χ2v) is 9.38. The Bertz CT molecular complexity index is 891. The minimum Gasteiger partial charge on any atom is -0.240 e. The maximum atomic E-state index is 3.71. The van der Waals surface area contributed by atoms with E-state index in [-0.39, 0.29) is 26.2 Å². The van der Waals surface area contributed by atoms with Crippen LogP contribution in [0.5, 0.6) is 0 Å². The van der Waals surface area contributed by atoms with Crippen LogP contribution in [-0.4, -0.2) is 5.25 Å². The van der Waals surface area contributed by atoms with Gasteiger partial charge >= 0.3 is 0 Å². The minimum absolute atomic E-state index is 0. The summed E-state index contributed by atoms with van der Waals surface area (Å²) in [6, 6.07) is 2.36. The van der Waals surface area contributed by atoms with Crippen molar-refractivity contribution < 1.29 is 26.2 Å². The van der Waals surface area contributed by atoms with Gasteiger partial charge in [-0.2, -0.15) is 16.6 Å². The van der Waals surface area contributed by atoms with Crippen molar-refractivity contribution in [2.45, 2.75) is 46.3 Å². The van der Waals surface area contributed by atoms with Crippen molar-refractivity contribution in [3.05, 3.63) is 54.0 Å². The molecule has 0 spiro atoms. The summed E-state index contributed by atoms with van der Waals surface area (Å²) >= 11 is 3.88. The first kappa shape index (κ1) is 17.7. The van der Waals surface area contributed by atoms with Gasteiger partial charge in [-0.3, -0.25) is 0 Å². The third kappa shape index (κ3) is 2.77. The van der Waals surface area contributed by atoms with Crippen molar-refractivity contribution >= 4 is 34.7 Å². The standard InChI is InChI=1S/C20H21S2.Zr/c1-10(2)14-6-11(3)15(8-14)19-13(5)22-18-9-17-16(20(18)19)7-12(4)21-17;/h6-7,10,18H,8H2,1-5H3;/q-1;. The zero-order valence-electron chi connectivity index (χ0n) is 14.3. The molecule has 1 aliphatic heterocycles. The van der Waals surface area contributed by atoms with Crippen LogP contribution in [-0.2, 0) is 26.2 Å². The summed E-state index contributed by atoms with van der Waals surface area (Å²) < 4.78 is 1.36. The van der Waals surface area contributed by atoms with Gasteiger partial charge in [0.25, 0.3) is 0 Å². The van der Waals surface area contributed by atoms with Crippen LogP contribution in [0.3, 0.4) is 0 Å².